The molecule has 5 nitrogen and oxygen atoms in total. The summed E-state index contributed by atoms with van der Waals surface area (Å²) in [6.07, 6.45) is 2.00. The first kappa shape index (κ1) is 15.1. The van der Waals surface area contributed by atoms with Gasteiger partial charge >= 0.3 is 0 Å². The fourth-order valence-corrected chi connectivity index (χ4v) is 2.77. The number of rotatable bonds is 5. The Kier molecular flexibility index (Phi) is 5.20. The van der Waals surface area contributed by atoms with Gasteiger partial charge in [-0.2, -0.15) is 0 Å². The van der Waals surface area contributed by atoms with Gasteiger partial charge in [-0.05, 0) is 45.4 Å². The number of carbonyl (C=O) groups excluding carboxylic acids is 1. The standard InChI is InChI=1S/C15H25N3O2/c1-11-5-6-14(20-11)12(2)18-9-3-4-13(10-18)15(19)17-8-7-16/h5-6,12-13H,3-4,7-10,16H2,1-2H3,(H,17,19). The second-order valence-corrected chi connectivity index (χ2v) is 5.54. The van der Waals surface area contributed by atoms with Gasteiger partial charge in [-0.3, -0.25) is 9.69 Å². The molecule has 1 aliphatic heterocycles. The van der Waals surface area contributed by atoms with Gasteiger partial charge in [-0.25, -0.2) is 0 Å². The predicted octanol–water partition coefficient (Wildman–Crippen LogP) is 1.44. The lowest BCUT2D eigenvalue weighted by atomic mass is 9.95. The average molecular weight is 279 g/mol. The molecule has 1 saturated heterocycles. The van der Waals surface area contributed by atoms with Gasteiger partial charge in [0.25, 0.3) is 0 Å². The summed E-state index contributed by atoms with van der Waals surface area (Å²) < 4.78 is 5.70. The molecule has 1 aromatic heterocycles. The van der Waals surface area contributed by atoms with Crippen molar-refractivity contribution in [3.63, 3.8) is 0 Å². The summed E-state index contributed by atoms with van der Waals surface area (Å²) in [5.41, 5.74) is 5.42. The van der Waals surface area contributed by atoms with Gasteiger partial charge in [0, 0.05) is 19.6 Å². The molecule has 2 heterocycles. The van der Waals surface area contributed by atoms with Crippen LogP contribution < -0.4 is 11.1 Å². The molecule has 1 fully saturated rings. The monoisotopic (exact) mass is 279 g/mol. The highest BCUT2D eigenvalue weighted by Crippen LogP contribution is 2.27. The van der Waals surface area contributed by atoms with E-state index < -0.39 is 0 Å². The van der Waals surface area contributed by atoms with Gasteiger partial charge in [-0.15, -0.1) is 0 Å². The zero-order chi connectivity index (χ0) is 14.5. The van der Waals surface area contributed by atoms with Gasteiger partial charge in [0.15, 0.2) is 0 Å². The van der Waals surface area contributed by atoms with Crippen molar-refractivity contribution in [3.05, 3.63) is 23.7 Å². The zero-order valence-electron chi connectivity index (χ0n) is 12.4. The summed E-state index contributed by atoms with van der Waals surface area (Å²) in [7, 11) is 0. The van der Waals surface area contributed by atoms with E-state index in [0.29, 0.717) is 13.1 Å². The van der Waals surface area contributed by atoms with Crippen LogP contribution in [0, 0.1) is 12.8 Å². The average Bonchev–Trinajstić information content (AvgIpc) is 2.90. The van der Waals surface area contributed by atoms with Gasteiger partial charge in [0.05, 0.1) is 12.0 Å². The maximum Gasteiger partial charge on any atom is 0.224 e. The van der Waals surface area contributed by atoms with Crippen LogP contribution in [-0.2, 0) is 4.79 Å². The molecule has 2 rings (SSSR count). The van der Waals surface area contributed by atoms with Crippen molar-refractivity contribution in [2.45, 2.75) is 32.7 Å². The quantitative estimate of drug-likeness (QED) is 0.855. The van der Waals surface area contributed by atoms with Crippen molar-refractivity contribution in [3.8, 4) is 0 Å². The molecule has 20 heavy (non-hydrogen) atoms. The van der Waals surface area contributed by atoms with Crippen LogP contribution in [0.25, 0.3) is 0 Å². The molecule has 5 heteroatoms. The van der Waals surface area contributed by atoms with E-state index in [1.807, 2.05) is 19.1 Å². The molecular weight excluding hydrogens is 254 g/mol. The smallest absolute Gasteiger partial charge is 0.224 e. The van der Waals surface area contributed by atoms with Crippen LogP contribution in [0.2, 0.25) is 0 Å². The molecule has 3 N–H and O–H groups in total. The molecule has 1 amide bonds. The van der Waals surface area contributed by atoms with E-state index in [9.17, 15) is 4.79 Å². The number of likely N-dealkylation sites (tertiary alicyclic amines) is 1. The second-order valence-electron chi connectivity index (χ2n) is 5.54. The minimum Gasteiger partial charge on any atom is -0.465 e. The molecule has 0 aliphatic carbocycles. The van der Waals surface area contributed by atoms with Gasteiger partial charge < -0.3 is 15.5 Å². The van der Waals surface area contributed by atoms with Crippen molar-refractivity contribution < 1.29 is 9.21 Å². The highest BCUT2D eigenvalue weighted by atomic mass is 16.3. The fourth-order valence-electron chi connectivity index (χ4n) is 2.77. The van der Waals surface area contributed by atoms with Crippen LogP contribution in [0.1, 0.15) is 37.3 Å². The minimum atomic E-state index is 0.0637. The van der Waals surface area contributed by atoms with E-state index in [2.05, 4.69) is 17.1 Å². The number of amides is 1. The Balaban J connectivity index is 1.94. The van der Waals surface area contributed by atoms with E-state index >= 15 is 0 Å². The number of furan rings is 1. The molecule has 0 bridgehead atoms. The minimum absolute atomic E-state index is 0.0637. The number of hydrogen-bond donors (Lipinski definition) is 2. The zero-order valence-corrected chi connectivity index (χ0v) is 12.4. The molecule has 1 aliphatic rings. The summed E-state index contributed by atoms with van der Waals surface area (Å²) in [6.45, 7) is 6.94. The first-order valence-electron chi connectivity index (χ1n) is 7.40. The molecule has 112 valence electrons. The van der Waals surface area contributed by atoms with Crippen molar-refractivity contribution in [2.24, 2.45) is 11.7 Å². The largest absolute Gasteiger partial charge is 0.465 e. The summed E-state index contributed by atoms with van der Waals surface area (Å²) in [6, 6.07) is 4.23. The number of hydrogen-bond acceptors (Lipinski definition) is 4. The second kappa shape index (κ2) is 6.90. The van der Waals surface area contributed by atoms with E-state index in [1.165, 1.54) is 0 Å². The SMILES string of the molecule is Cc1ccc(C(C)N2CCCC(C(=O)NCCN)C2)o1. The van der Waals surface area contributed by atoms with E-state index in [-0.39, 0.29) is 17.9 Å². The normalized spacial score (nSPS) is 21.6. The maximum absolute atomic E-state index is 12.0. The molecule has 2 unspecified atom stereocenters. The lowest BCUT2D eigenvalue weighted by Crippen LogP contribution is -2.44. The molecule has 1 aromatic rings. The van der Waals surface area contributed by atoms with Crippen LogP contribution in [0.4, 0.5) is 0 Å². The summed E-state index contributed by atoms with van der Waals surface area (Å²) in [5.74, 6) is 2.10. The Morgan fingerprint density at radius 3 is 3.05 bits per heavy atom. The molecule has 2 atom stereocenters. The number of aryl methyl sites for hydroxylation is 1. The molecule has 0 aromatic carbocycles. The Labute approximate surface area is 120 Å². The Hall–Kier alpha value is -1.33. The summed E-state index contributed by atoms with van der Waals surface area (Å²) in [4.78, 5) is 14.4. The Bertz CT molecular complexity index is 444. The van der Waals surface area contributed by atoms with Crippen molar-refractivity contribution in [1.29, 1.82) is 0 Å². The lowest BCUT2D eigenvalue weighted by Gasteiger charge is -2.35. The predicted molar refractivity (Wildman–Crippen MR) is 78.2 cm³/mol. The third-order valence-corrected chi connectivity index (χ3v) is 3.99. The number of nitrogens with zero attached hydrogens (tertiary/aromatic N) is 1. The van der Waals surface area contributed by atoms with Gasteiger partial charge in [0.2, 0.25) is 5.91 Å². The molecule has 0 radical (unpaired) electrons. The van der Waals surface area contributed by atoms with Crippen molar-refractivity contribution in [2.75, 3.05) is 26.2 Å². The van der Waals surface area contributed by atoms with Crippen molar-refractivity contribution in [1.82, 2.24) is 10.2 Å². The fraction of sp³-hybridized carbons (Fsp3) is 0.667. The topological polar surface area (TPSA) is 71.5 Å². The van der Waals surface area contributed by atoms with Crippen LogP contribution in [0.3, 0.4) is 0 Å². The Morgan fingerprint density at radius 2 is 2.40 bits per heavy atom. The first-order valence-corrected chi connectivity index (χ1v) is 7.40. The number of piperidine rings is 1. The number of nitrogens with one attached hydrogen (secondary N) is 1. The van der Waals surface area contributed by atoms with Gasteiger partial charge in [0.1, 0.15) is 11.5 Å². The first-order chi connectivity index (χ1) is 9.61. The van der Waals surface area contributed by atoms with Crippen LogP contribution >= 0.6 is 0 Å². The van der Waals surface area contributed by atoms with Crippen molar-refractivity contribution >= 4 is 5.91 Å². The van der Waals surface area contributed by atoms with Gasteiger partial charge in [-0.1, -0.05) is 0 Å². The van der Waals surface area contributed by atoms with E-state index in [0.717, 1.165) is 37.5 Å². The summed E-state index contributed by atoms with van der Waals surface area (Å²) in [5, 5.41) is 2.89. The van der Waals surface area contributed by atoms with E-state index in [4.69, 9.17) is 10.2 Å². The molecular formula is C15H25N3O2. The summed E-state index contributed by atoms with van der Waals surface area (Å²) >= 11 is 0. The van der Waals surface area contributed by atoms with Crippen LogP contribution in [0.5, 0.6) is 0 Å². The number of nitrogens with two attached hydrogens (primary N) is 1. The van der Waals surface area contributed by atoms with Crippen LogP contribution in [0.15, 0.2) is 16.5 Å². The highest BCUT2D eigenvalue weighted by molar-refractivity contribution is 5.78. The molecule has 0 spiro atoms. The highest BCUT2D eigenvalue weighted by Gasteiger charge is 2.29. The number of carbonyl (C=O) groups is 1. The third-order valence-electron chi connectivity index (χ3n) is 3.99. The van der Waals surface area contributed by atoms with E-state index in [1.54, 1.807) is 0 Å². The maximum atomic E-state index is 12.0. The Morgan fingerprint density at radius 1 is 1.60 bits per heavy atom. The molecule has 0 saturated carbocycles. The van der Waals surface area contributed by atoms with Crippen LogP contribution in [-0.4, -0.2) is 37.0 Å². The third kappa shape index (κ3) is 3.61. The lowest BCUT2D eigenvalue weighted by molar-refractivity contribution is -0.127.